The van der Waals surface area contributed by atoms with Crippen LogP contribution in [-0.4, -0.2) is 42.9 Å². The fraction of sp³-hybridized carbons (Fsp3) is 0.588. The van der Waals surface area contributed by atoms with Gasteiger partial charge in [0.05, 0.1) is 19.1 Å². The second kappa shape index (κ2) is 6.16. The highest BCUT2D eigenvalue weighted by atomic mass is 16.7. The molecule has 0 saturated carbocycles. The number of carbonyl (C=O) groups is 1. The molecule has 21 heavy (non-hydrogen) atoms. The molecule has 0 aromatic heterocycles. The van der Waals surface area contributed by atoms with E-state index in [-0.39, 0.29) is 11.8 Å². The van der Waals surface area contributed by atoms with E-state index in [0.717, 1.165) is 37.9 Å². The summed E-state index contributed by atoms with van der Waals surface area (Å²) in [6, 6.07) is 10.1. The maximum atomic E-state index is 12.8. The SMILES string of the molecule is CC[C@@H](C(=O)N1CCC2(CC1)OCCO2)c1ccccc1. The van der Waals surface area contributed by atoms with E-state index in [0.29, 0.717) is 13.2 Å². The van der Waals surface area contributed by atoms with E-state index >= 15 is 0 Å². The molecule has 0 unspecified atom stereocenters. The topological polar surface area (TPSA) is 38.8 Å². The molecular weight excluding hydrogens is 266 g/mol. The molecule has 0 aliphatic carbocycles. The maximum Gasteiger partial charge on any atom is 0.230 e. The van der Waals surface area contributed by atoms with E-state index < -0.39 is 5.79 Å². The molecule has 1 amide bonds. The van der Waals surface area contributed by atoms with Crippen LogP contribution in [0.1, 0.15) is 37.7 Å². The molecule has 0 bridgehead atoms. The van der Waals surface area contributed by atoms with Gasteiger partial charge in [0.2, 0.25) is 5.91 Å². The third-order valence-electron chi connectivity index (χ3n) is 4.56. The van der Waals surface area contributed by atoms with E-state index in [4.69, 9.17) is 9.47 Å². The predicted octanol–water partition coefficient (Wildman–Crippen LogP) is 2.55. The van der Waals surface area contributed by atoms with Crippen molar-refractivity contribution < 1.29 is 14.3 Å². The summed E-state index contributed by atoms with van der Waals surface area (Å²) in [7, 11) is 0. The lowest BCUT2D eigenvalue weighted by Crippen LogP contribution is -2.48. The fourth-order valence-corrected chi connectivity index (χ4v) is 3.31. The Kier molecular flexibility index (Phi) is 4.27. The first-order valence-corrected chi connectivity index (χ1v) is 7.86. The number of nitrogens with zero attached hydrogens (tertiary/aromatic N) is 1. The zero-order chi connectivity index (χ0) is 14.7. The van der Waals surface area contributed by atoms with Crippen molar-refractivity contribution in [2.24, 2.45) is 0 Å². The molecule has 2 saturated heterocycles. The summed E-state index contributed by atoms with van der Waals surface area (Å²) in [4.78, 5) is 14.7. The standard InChI is InChI=1S/C17H23NO3/c1-2-15(14-6-4-3-5-7-14)16(19)18-10-8-17(9-11-18)20-12-13-21-17/h3-7,15H,2,8-13H2,1H3/t15-/m1/s1. The van der Waals surface area contributed by atoms with Gasteiger partial charge in [0.25, 0.3) is 0 Å². The first-order valence-electron chi connectivity index (χ1n) is 7.86. The largest absolute Gasteiger partial charge is 0.347 e. The summed E-state index contributed by atoms with van der Waals surface area (Å²) in [5, 5.41) is 0. The second-order valence-electron chi connectivity index (χ2n) is 5.80. The molecule has 2 fully saturated rings. The molecule has 2 aliphatic heterocycles. The van der Waals surface area contributed by atoms with E-state index in [9.17, 15) is 4.79 Å². The van der Waals surface area contributed by atoms with Crippen LogP contribution in [0.5, 0.6) is 0 Å². The summed E-state index contributed by atoms with van der Waals surface area (Å²) in [5.41, 5.74) is 1.11. The average molecular weight is 289 g/mol. The zero-order valence-electron chi connectivity index (χ0n) is 12.6. The second-order valence-corrected chi connectivity index (χ2v) is 5.80. The monoisotopic (exact) mass is 289 g/mol. The Morgan fingerprint density at radius 1 is 1.19 bits per heavy atom. The van der Waals surface area contributed by atoms with Crippen LogP contribution < -0.4 is 0 Å². The normalized spacial score (nSPS) is 22.4. The van der Waals surface area contributed by atoms with Gasteiger partial charge in [-0.25, -0.2) is 0 Å². The molecule has 0 N–H and O–H groups in total. The summed E-state index contributed by atoms with van der Waals surface area (Å²) in [5.74, 6) is -0.215. The third-order valence-corrected chi connectivity index (χ3v) is 4.56. The lowest BCUT2D eigenvalue weighted by atomic mass is 9.93. The highest BCUT2D eigenvalue weighted by Crippen LogP contribution is 2.33. The average Bonchev–Trinajstić information content (AvgIpc) is 2.98. The molecule has 1 atom stereocenters. The number of amides is 1. The van der Waals surface area contributed by atoms with Gasteiger partial charge in [-0.1, -0.05) is 37.3 Å². The Balaban J connectivity index is 1.65. The van der Waals surface area contributed by atoms with Gasteiger partial charge in [0.15, 0.2) is 5.79 Å². The molecule has 4 heteroatoms. The van der Waals surface area contributed by atoms with Crippen LogP contribution in [0.2, 0.25) is 0 Å². The van der Waals surface area contributed by atoms with Crippen LogP contribution in [0.25, 0.3) is 0 Å². The minimum atomic E-state index is -0.411. The number of benzene rings is 1. The van der Waals surface area contributed by atoms with E-state index in [1.165, 1.54) is 0 Å². The smallest absolute Gasteiger partial charge is 0.230 e. The Labute approximate surface area is 126 Å². The van der Waals surface area contributed by atoms with Crippen molar-refractivity contribution >= 4 is 5.91 Å². The number of ether oxygens (including phenoxy) is 2. The first kappa shape index (κ1) is 14.5. The van der Waals surface area contributed by atoms with Gasteiger partial charge in [-0.3, -0.25) is 4.79 Å². The van der Waals surface area contributed by atoms with Crippen LogP contribution in [0.15, 0.2) is 30.3 Å². The number of carbonyl (C=O) groups excluding carboxylic acids is 1. The molecule has 2 heterocycles. The number of rotatable bonds is 3. The van der Waals surface area contributed by atoms with Crippen LogP contribution in [-0.2, 0) is 14.3 Å². The molecule has 1 aromatic rings. The number of piperidine rings is 1. The Morgan fingerprint density at radius 2 is 1.81 bits per heavy atom. The van der Waals surface area contributed by atoms with Crippen LogP contribution in [0.4, 0.5) is 0 Å². The zero-order valence-corrected chi connectivity index (χ0v) is 12.6. The molecule has 4 nitrogen and oxygen atoms in total. The van der Waals surface area contributed by atoms with Gasteiger partial charge < -0.3 is 14.4 Å². The van der Waals surface area contributed by atoms with E-state index in [1.807, 2.05) is 35.2 Å². The van der Waals surface area contributed by atoms with Crippen LogP contribution >= 0.6 is 0 Å². The Hall–Kier alpha value is -1.39. The lowest BCUT2D eigenvalue weighted by Gasteiger charge is -2.38. The lowest BCUT2D eigenvalue weighted by molar-refractivity contribution is -0.187. The van der Waals surface area contributed by atoms with E-state index in [1.54, 1.807) is 0 Å². The minimum Gasteiger partial charge on any atom is -0.347 e. The van der Waals surface area contributed by atoms with Gasteiger partial charge in [-0.05, 0) is 12.0 Å². The Bertz CT molecular complexity index is 472. The van der Waals surface area contributed by atoms with Gasteiger partial charge in [0.1, 0.15) is 0 Å². The minimum absolute atomic E-state index is 0.0364. The Morgan fingerprint density at radius 3 is 2.38 bits per heavy atom. The van der Waals surface area contributed by atoms with Gasteiger partial charge in [-0.2, -0.15) is 0 Å². The number of hydrogen-bond acceptors (Lipinski definition) is 3. The number of hydrogen-bond donors (Lipinski definition) is 0. The molecular formula is C17H23NO3. The highest BCUT2D eigenvalue weighted by Gasteiger charge is 2.41. The summed E-state index contributed by atoms with van der Waals surface area (Å²) < 4.78 is 11.4. The molecule has 2 aliphatic rings. The predicted molar refractivity (Wildman–Crippen MR) is 79.9 cm³/mol. The molecule has 114 valence electrons. The van der Waals surface area contributed by atoms with Crippen LogP contribution in [0, 0.1) is 0 Å². The van der Waals surface area contributed by atoms with Crippen molar-refractivity contribution in [1.82, 2.24) is 4.90 Å². The molecule has 0 radical (unpaired) electrons. The fourth-order valence-electron chi connectivity index (χ4n) is 3.31. The third kappa shape index (κ3) is 2.97. The van der Waals surface area contributed by atoms with Gasteiger partial charge in [-0.15, -0.1) is 0 Å². The maximum absolute atomic E-state index is 12.8. The summed E-state index contributed by atoms with van der Waals surface area (Å²) in [6.07, 6.45) is 2.39. The van der Waals surface area contributed by atoms with Crippen molar-refractivity contribution in [1.29, 1.82) is 0 Å². The van der Waals surface area contributed by atoms with Crippen molar-refractivity contribution in [3.63, 3.8) is 0 Å². The first-order chi connectivity index (χ1) is 10.2. The molecule has 3 rings (SSSR count). The van der Waals surface area contributed by atoms with Gasteiger partial charge >= 0.3 is 0 Å². The number of likely N-dealkylation sites (tertiary alicyclic amines) is 1. The van der Waals surface area contributed by atoms with Crippen LogP contribution in [0.3, 0.4) is 0 Å². The van der Waals surface area contributed by atoms with E-state index in [2.05, 4.69) is 6.92 Å². The van der Waals surface area contributed by atoms with Crippen molar-refractivity contribution in [3.05, 3.63) is 35.9 Å². The van der Waals surface area contributed by atoms with Gasteiger partial charge in [0, 0.05) is 25.9 Å². The molecule has 1 spiro atoms. The van der Waals surface area contributed by atoms with Crippen molar-refractivity contribution in [3.8, 4) is 0 Å². The van der Waals surface area contributed by atoms with Crippen molar-refractivity contribution in [2.75, 3.05) is 26.3 Å². The highest BCUT2D eigenvalue weighted by molar-refractivity contribution is 5.83. The summed E-state index contributed by atoms with van der Waals surface area (Å²) in [6.45, 7) is 4.87. The molecule has 1 aromatic carbocycles. The summed E-state index contributed by atoms with van der Waals surface area (Å²) >= 11 is 0. The van der Waals surface area contributed by atoms with Crippen molar-refractivity contribution in [2.45, 2.75) is 37.9 Å². The quantitative estimate of drug-likeness (QED) is 0.858.